The molecular formula is C26H35NO6. The van der Waals surface area contributed by atoms with Crippen LogP contribution in [0.15, 0.2) is 54.6 Å². The lowest BCUT2D eigenvalue weighted by Gasteiger charge is -2.16. The molecule has 33 heavy (non-hydrogen) atoms. The number of carboxylic acids is 2. The third-order valence-electron chi connectivity index (χ3n) is 5.01. The van der Waals surface area contributed by atoms with Gasteiger partial charge in [0.25, 0.3) is 0 Å². The molecule has 0 heterocycles. The SMILES string of the molecule is CCCCCCc1ccc(C(O)CN)c(Cc2cccc(OC)c2)c1.O=C(O)/C=C/C(=O)O. The molecule has 0 aliphatic heterocycles. The second kappa shape index (κ2) is 15.6. The van der Waals surface area contributed by atoms with Crippen LogP contribution in [0.5, 0.6) is 5.75 Å². The maximum Gasteiger partial charge on any atom is 0.328 e. The van der Waals surface area contributed by atoms with Crippen LogP contribution in [0.4, 0.5) is 0 Å². The zero-order valence-corrected chi connectivity index (χ0v) is 19.4. The molecule has 0 aromatic heterocycles. The summed E-state index contributed by atoms with van der Waals surface area (Å²) < 4.78 is 5.32. The van der Waals surface area contributed by atoms with E-state index in [0.29, 0.717) is 12.2 Å². The van der Waals surface area contributed by atoms with Crippen molar-refractivity contribution in [1.29, 1.82) is 0 Å². The highest BCUT2D eigenvalue weighted by atomic mass is 16.5. The minimum absolute atomic E-state index is 0.237. The summed E-state index contributed by atoms with van der Waals surface area (Å²) in [4.78, 5) is 19.1. The molecule has 2 aromatic carbocycles. The van der Waals surface area contributed by atoms with Gasteiger partial charge in [-0.15, -0.1) is 0 Å². The lowest BCUT2D eigenvalue weighted by molar-refractivity contribution is -0.134. The minimum Gasteiger partial charge on any atom is -0.497 e. The quantitative estimate of drug-likeness (QED) is 0.279. The number of aliphatic carboxylic acids is 2. The van der Waals surface area contributed by atoms with E-state index in [2.05, 4.69) is 25.1 Å². The second-order valence-electron chi connectivity index (χ2n) is 7.63. The van der Waals surface area contributed by atoms with Gasteiger partial charge in [-0.25, -0.2) is 9.59 Å². The Hall–Kier alpha value is -3.16. The van der Waals surface area contributed by atoms with E-state index < -0.39 is 18.0 Å². The average Bonchev–Trinajstić information content (AvgIpc) is 2.80. The number of aryl methyl sites for hydroxylation is 1. The number of aliphatic hydroxyl groups excluding tert-OH is 1. The number of carboxylic acid groups (broad SMARTS) is 2. The van der Waals surface area contributed by atoms with Crippen molar-refractivity contribution in [3.63, 3.8) is 0 Å². The fraction of sp³-hybridized carbons (Fsp3) is 0.385. The summed E-state index contributed by atoms with van der Waals surface area (Å²) >= 11 is 0. The molecule has 1 atom stereocenters. The molecule has 0 amide bonds. The smallest absolute Gasteiger partial charge is 0.328 e. The topological polar surface area (TPSA) is 130 Å². The Bertz CT molecular complexity index is 893. The summed E-state index contributed by atoms with van der Waals surface area (Å²) in [7, 11) is 1.68. The maximum atomic E-state index is 10.3. The third kappa shape index (κ3) is 11.3. The largest absolute Gasteiger partial charge is 0.497 e. The Labute approximate surface area is 195 Å². The molecule has 0 bridgehead atoms. The standard InChI is InChI=1S/C22H31NO2.C4H4O4/c1-3-4-5-6-8-17-11-12-21(22(24)16-23)19(13-17)14-18-9-7-10-20(15-18)25-2;5-3(6)1-2-4(7)8/h7,9-13,15,22,24H,3-6,8,14,16,23H2,1-2H3;1-2H,(H,5,6)(H,7,8)/b;2-1+. The van der Waals surface area contributed by atoms with E-state index in [1.807, 2.05) is 24.3 Å². The van der Waals surface area contributed by atoms with E-state index in [-0.39, 0.29) is 6.54 Å². The summed E-state index contributed by atoms with van der Waals surface area (Å²) in [5.41, 5.74) is 10.3. The predicted molar refractivity (Wildman–Crippen MR) is 129 cm³/mol. The molecule has 2 rings (SSSR count). The summed E-state index contributed by atoms with van der Waals surface area (Å²) in [5.74, 6) is -1.66. The van der Waals surface area contributed by atoms with Crippen molar-refractivity contribution in [1.82, 2.24) is 0 Å². The highest BCUT2D eigenvalue weighted by molar-refractivity contribution is 5.89. The lowest BCUT2D eigenvalue weighted by Crippen LogP contribution is -2.14. The fourth-order valence-corrected chi connectivity index (χ4v) is 3.32. The molecule has 1 unspecified atom stereocenters. The molecule has 0 spiro atoms. The van der Waals surface area contributed by atoms with Gasteiger partial charge in [-0.3, -0.25) is 0 Å². The summed E-state index contributed by atoms with van der Waals surface area (Å²) in [6.07, 6.45) is 7.39. The number of methoxy groups -OCH3 is 1. The number of aliphatic hydroxyl groups is 1. The van der Waals surface area contributed by atoms with E-state index >= 15 is 0 Å². The zero-order valence-electron chi connectivity index (χ0n) is 19.4. The summed E-state index contributed by atoms with van der Waals surface area (Å²) in [6.45, 7) is 2.47. The molecule has 7 heteroatoms. The van der Waals surface area contributed by atoms with Gasteiger partial charge in [0.2, 0.25) is 0 Å². The molecular weight excluding hydrogens is 422 g/mol. The molecule has 5 N–H and O–H groups in total. The van der Waals surface area contributed by atoms with Crippen LogP contribution in [0.3, 0.4) is 0 Å². The van der Waals surface area contributed by atoms with Gasteiger partial charge in [-0.2, -0.15) is 0 Å². The van der Waals surface area contributed by atoms with Gasteiger partial charge in [-0.05, 0) is 53.6 Å². The van der Waals surface area contributed by atoms with E-state index in [1.165, 1.54) is 36.8 Å². The van der Waals surface area contributed by atoms with Gasteiger partial charge in [0, 0.05) is 18.7 Å². The van der Waals surface area contributed by atoms with Crippen LogP contribution in [0.1, 0.15) is 61.0 Å². The van der Waals surface area contributed by atoms with Crippen LogP contribution in [0.2, 0.25) is 0 Å². The monoisotopic (exact) mass is 457 g/mol. The number of hydrogen-bond acceptors (Lipinski definition) is 5. The van der Waals surface area contributed by atoms with Gasteiger partial charge in [0.15, 0.2) is 0 Å². The first-order chi connectivity index (χ1) is 15.8. The van der Waals surface area contributed by atoms with E-state index in [0.717, 1.165) is 29.7 Å². The van der Waals surface area contributed by atoms with Gasteiger partial charge in [0.1, 0.15) is 5.75 Å². The minimum atomic E-state index is -1.26. The van der Waals surface area contributed by atoms with Crippen LogP contribution < -0.4 is 10.5 Å². The lowest BCUT2D eigenvalue weighted by atomic mass is 9.93. The van der Waals surface area contributed by atoms with Crippen LogP contribution >= 0.6 is 0 Å². The van der Waals surface area contributed by atoms with Crippen molar-refractivity contribution in [2.45, 2.75) is 51.6 Å². The highest BCUT2D eigenvalue weighted by Crippen LogP contribution is 2.24. The molecule has 0 fully saturated rings. The van der Waals surface area contributed by atoms with Crippen LogP contribution in [-0.4, -0.2) is 40.9 Å². The number of carbonyl (C=O) groups is 2. The van der Waals surface area contributed by atoms with Gasteiger partial charge in [0.05, 0.1) is 13.2 Å². The second-order valence-corrected chi connectivity index (χ2v) is 7.63. The van der Waals surface area contributed by atoms with Gasteiger partial charge in [-0.1, -0.05) is 56.5 Å². The van der Waals surface area contributed by atoms with E-state index in [4.69, 9.17) is 20.7 Å². The number of benzene rings is 2. The van der Waals surface area contributed by atoms with E-state index in [1.54, 1.807) is 7.11 Å². The predicted octanol–water partition coefficient (Wildman–Crippen LogP) is 4.11. The van der Waals surface area contributed by atoms with Crippen molar-refractivity contribution in [3.05, 3.63) is 76.9 Å². The van der Waals surface area contributed by atoms with Crippen molar-refractivity contribution >= 4 is 11.9 Å². The van der Waals surface area contributed by atoms with Crippen molar-refractivity contribution < 1.29 is 29.6 Å². The molecule has 0 aliphatic carbocycles. The summed E-state index contributed by atoms with van der Waals surface area (Å²) in [5, 5.41) is 25.9. The Morgan fingerprint density at radius 2 is 1.70 bits per heavy atom. The van der Waals surface area contributed by atoms with Crippen LogP contribution in [0, 0.1) is 0 Å². The maximum absolute atomic E-state index is 10.3. The molecule has 0 saturated heterocycles. The number of rotatable bonds is 12. The molecule has 2 aromatic rings. The first-order valence-electron chi connectivity index (χ1n) is 11.1. The van der Waals surface area contributed by atoms with Crippen molar-refractivity contribution in [2.75, 3.05) is 13.7 Å². The Morgan fingerprint density at radius 1 is 1.00 bits per heavy atom. The Morgan fingerprint density at radius 3 is 2.27 bits per heavy atom. The number of unbranched alkanes of at least 4 members (excludes halogenated alkanes) is 3. The Balaban J connectivity index is 0.000000582. The van der Waals surface area contributed by atoms with Crippen LogP contribution in [0.25, 0.3) is 0 Å². The highest BCUT2D eigenvalue weighted by Gasteiger charge is 2.12. The first-order valence-corrected chi connectivity index (χ1v) is 11.1. The molecule has 0 aliphatic rings. The Kier molecular flexibility index (Phi) is 13.2. The number of ether oxygens (including phenoxy) is 1. The number of hydrogen-bond donors (Lipinski definition) is 4. The molecule has 0 radical (unpaired) electrons. The van der Waals surface area contributed by atoms with Gasteiger partial charge < -0.3 is 25.8 Å². The zero-order chi connectivity index (χ0) is 24.6. The van der Waals surface area contributed by atoms with E-state index in [9.17, 15) is 14.7 Å². The summed E-state index contributed by atoms with van der Waals surface area (Å²) in [6, 6.07) is 14.5. The van der Waals surface area contributed by atoms with Gasteiger partial charge >= 0.3 is 11.9 Å². The molecule has 7 nitrogen and oxygen atoms in total. The molecule has 180 valence electrons. The van der Waals surface area contributed by atoms with Crippen LogP contribution in [-0.2, 0) is 22.4 Å². The van der Waals surface area contributed by atoms with Crippen molar-refractivity contribution in [3.8, 4) is 5.75 Å². The first kappa shape index (κ1) is 27.9. The fourth-order valence-electron chi connectivity index (χ4n) is 3.32. The molecule has 0 saturated carbocycles. The normalized spacial score (nSPS) is 11.5. The van der Waals surface area contributed by atoms with Crippen molar-refractivity contribution in [2.24, 2.45) is 5.73 Å². The number of nitrogens with two attached hydrogens (primary N) is 1. The average molecular weight is 458 g/mol. The third-order valence-corrected chi connectivity index (χ3v) is 5.01.